The van der Waals surface area contributed by atoms with Crippen molar-refractivity contribution in [1.82, 2.24) is 10.6 Å². The van der Waals surface area contributed by atoms with Gasteiger partial charge in [-0.25, -0.2) is 4.79 Å². The number of halogens is 3. The van der Waals surface area contributed by atoms with Crippen molar-refractivity contribution in [3.05, 3.63) is 65.2 Å². The molecule has 3 N–H and O–H groups in total. The predicted molar refractivity (Wildman–Crippen MR) is 94.5 cm³/mol. The number of carbonyl (C=O) groups excluding carboxylic acids is 1. The molecule has 0 radical (unpaired) electrons. The van der Waals surface area contributed by atoms with Gasteiger partial charge < -0.3 is 20.5 Å². The van der Waals surface area contributed by atoms with E-state index in [4.69, 9.17) is 4.74 Å². The first-order valence-electron chi connectivity index (χ1n) is 8.29. The van der Waals surface area contributed by atoms with Gasteiger partial charge in [-0.2, -0.15) is 13.2 Å². The molecule has 1 unspecified atom stereocenters. The molecule has 0 aliphatic heterocycles. The Hall–Kier alpha value is -2.74. The van der Waals surface area contributed by atoms with Gasteiger partial charge in [0.1, 0.15) is 5.75 Å². The first-order chi connectivity index (χ1) is 12.8. The molecular weight excluding hydrogens is 361 g/mol. The molecule has 146 valence electrons. The molecule has 1 atom stereocenters. The maximum Gasteiger partial charge on any atom is 0.416 e. The number of benzene rings is 2. The van der Waals surface area contributed by atoms with Crippen LogP contribution in [0.15, 0.2) is 48.5 Å². The summed E-state index contributed by atoms with van der Waals surface area (Å²) in [6.45, 7) is 0.286. The molecule has 0 bridgehead atoms. The van der Waals surface area contributed by atoms with Crippen LogP contribution in [0.3, 0.4) is 0 Å². The number of aliphatic hydroxyl groups excluding tert-OH is 1. The number of urea groups is 1. The highest BCUT2D eigenvalue weighted by atomic mass is 19.4. The summed E-state index contributed by atoms with van der Waals surface area (Å²) in [5.74, 6) is 0.752. The van der Waals surface area contributed by atoms with E-state index >= 15 is 0 Å². The molecule has 5 nitrogen and oxygen atoms in total. The zero-order valence-electron chi connectivity index (χ0n) is 14.7. The summed E-state index contributed by atoms with van der Waals surface area (Å²) in [6.07, 6.45) is -4.90. The summed E-state index contributed by atoms with van der Waals surface area (Å²) in [5.41, 5.74) is 0.533. The van der Waals surface area contributed by atoms with Crippen LogP contribution in [0.25, 0.3) is 0 Å². The van der Waals surface area contributed by atoms with Crippen molar-refractivity contribution in [1.29, 1.82) is 0 Å². The van der Waals surface area contributed by atoms with Crippen LogP contribution in [0.5, 0.6) is 5.75 Å². The fourth-order valence-corrected chi connectivity index (χ4v) is 2.38. The van der Waals surface area contributed by atoms with Crippen molar-refractivity contribution in [3.8, 4) is 5.75 Å². The highest BCUT2D eigenvalue weighted by Gasteiger charge is 2.30. The third-order valence-corrected chi connectivity index (χ3v) is 3.94. The van der Waals surface area contributed by atoms with E-state index in [9.17, 15) is 23.1 Å². The van der Waals surface area contributed by atoms with E-state index in [0.717, 1.165) is 23.4 Å². The molecule has 2 aromatic carbocycles. The Morgan fingerprint density at radius 2 is 1.70 bits per heavy atom. The molecule has 2 aromatic rings. The van der Waals surface area contributed by atoms with Crippen molar-refractivity contribution in [3.63, 3.8) is 0 Å². The predicted octanol–water partition coefficient (Wildman–Crippen LogP) is 3.29. The van der Waals surface area contributed by atoms with Crippen LogP contribution in [-0.4, -0.2) is 31.3 Å². The first kappa shape index (κ1) is 20.6. The molecule has 0 aromatic heterocycles. The van der Waals surface area contributed by atoms with Crippen LogP contribution >= 0.6 is 0 Å². The van der Waals surface area contributed by atoms with Gasteiger partial charge in [0.25, 0.3) is 0 Å². The summed E-state index contributed by atoms with van der Waals surface area (Å²) in [6, 6.07) is 11.2. The summed E-state index contributed by atoms with van der Waals surface area (Å²) in [7, 11) is 1.58. The maximum atomic E-state index is 12.5. The first-order valence-corrected chi connectivity index (χ1v) is 8.29. The highest BCUT2D eigenvalue weighted by molar-refractivity contribution is 5.73. The Morgan fingerprint density at radius 3 is 2.26 bits per heavy atom. The minimum Gasteiger partial charge on any atom is -0.497 e. The summed E-state index contributed by atoms with van der Waals surface area (Å²) >= 11 is 0. The number of aliphatic hydroxyl groups is 1. The Kier molecular flexibility index (Phi) is 7.06. The van der Waals surface area contributed by atoms with Crippen LogP contribution in [-0.2, 0) is 12.6 Å². The smallest absolute Gasteiger partial charge is 0.416 e. The second kappa shape index (κ2) is 9.27. The standard InChI is InChI=1S/C19H21F3N2O3/c1-27-16-8-2-13(3-9-16)10-11-23-18(26)24-12-17(25)14-4-6-15(7-5-14)19(20,21)22/h2-9,17,25H,10-12H2,1H3,(H2,23,24,26). The van der Waals surface area contributed by atoms with E-state index in [2.05, 4.69) is 10.6 Å². The average molecular weight is 382 g/mol. The summed E-state index contributed by atoms with van der Waals surface area (Å²) in [4.78, 5) is 11.8. The Morgan fingerprint density at radius 1 is 1.07 bits per heavy atom. The number of amides is 2. The van der Waals surface area contributed by atoms with Gasteiger partial charge in [-0.3, -0.25) is 0 Å². The zero-order chi connectivity index (χ0) is 19.9. The number of carbonyl (C=O) groups is 1. The van der Waals surface area contributed by atoms with Crippen LogP contribution in [0.4, 0.5) is 18.0 Å². The van der Waals surface area contributed by atoms with Crippen LogP contribution in [0.2, 0.25) is 0 Å². The molecule has 0 saturated carbocycles. The fourth-order valence-electron chi connectivity index (χ4n) is 2.38. The molecule has 0 saturated heterocycles. The van der Waals surface area contributed by atoms with Crippen LogP contribution < -0.4 is 15.4 Å². The van der Waals surface area contributed by atoms with Crippen molar-refractivity contribution in [2.75, 3.05) is 20.2 Å². The van der Waals surface area contributed by atoms with Gasteiger partial charge in [0, 0.05) is 13.1 Å². The van der Waals surface area contributed by atoms with E-state index in [-0.39, 0.29) is 6.54 Å². The largest absolute Gasteiger partial charge is 0.497 e. The summed E-state index contributed by atoms with van der Waals surface area (Å²) < 4.78 is 42.6. The maximum absolute atomic E-state index is 12.5. The Labute approximate surface area is 155 Å². The lowest BCUT2D eigenvalue weighted by molar-refractivity contribution is -0.137. The molecular formula is C19H21F3N2O3. The minimum atomic E-state index is -4.43. The van der Waals surface area contributed by atoms with Crippen molar-refractivity contribution in [2.24, 2.45) is 0 Å². The number of hydrogen-bond acceptors (Lipinski definition) is 3. The van der Waals surface area contributed by atoms with Crippen molar-refractivity contribution in [2.45, 2.75) is 18.7 Å². The summed E-state index contributed by atoms with van der Waals surface area (Å²) in [5, 5.41) is 15.1. The normalized spacial score (nSPS) is 12.3. The second-order valence-corrected chi connectivity index (χ2v) is 5.87. The zero-order valence-corrected chi connectivity index (χ0v) is 14.7. The number of ether oxygens (including phenoxy) is 1. The van der Waals surface area contributed by atoms with E-state index in [1.807, 2.05) is 24.3 Å². The van der Waals surface area contributed by atoms with Crippen molar-refractivity contribution >= 4 is 6.03 Å². The lowest BCUT2D eigenvalue weighted by Crippen LogP contribution is -2.38. The third-order valence-electron chi connectivity index (χ3n) is 3.94. The topological polar surface area (TPSA) is 70.6 Å². The molecule has 2 rings (SSSR count). The molecule has 0 aliphatic carbocycles. The van der Waals surface area contributed by atoms with Gasteiger partial charge in [0.05, 0.1) is 18.8 Å². The molecule has 0 fully saturated rings. The van der Waals surface area contributed by atoms with E-state index < -0.39 is 23.9 Å². The van der Waals surface area contributed by atoms with E-state index in [0.29, 0.717) is 18.5 Å². The molecule has 2 amide bonds. The van der Waals surface area contributed by atoms with Gasteiger partial charge in [-0.1, -0.05) is 24.3 Å². The average Bonchev–Trinajstić information content (AvgIpc) is 2.66. The highest BCUT2D eigenvalue weighted by Crippen LogP contribution is 2.29. The minimum absolute atomic E-state index is 0.111. The molecule has 27 heavy (non-hydrogen) atoms. The SMILES string of the molecule is COc1ccc(CCNC(=O)NCC(O)c2ccc(C(F)(F)F)cc2)cc1. The van der Waals surface area contributed by atoms with Crippen molar-refractivity contribution < 1.29 is 27.8 Å². The van der Waals surface area contributed by atoms with Gasteiger partial charge in [-0.15, -0.1) is 0 Å². The number of nitrogens with one attached hydrogen (secondary N) is 2. The van der Waals surface area contributed by atoms with Gasteiger partial charge in [-0.05, 0) is 41.8 Å². The molecule has 8 heteroatoms. The number of alkyl halides is 3. The van der Waals surface area contributed by atoms with E-state index in [1.54, 1.807) is 7.11 Å². The number of rotatable bonds is 7. The number of methoxy groups -OCH3 is 1. The van der Waals surface area contributed by atoms with Crippen LogP contribution in [0.1, 0.15) is 22.8 Å². The quantitative estimate of drug-likeness (QED) is 0.688. The lowest BCUT2D eigenvalue weighted by atomic mass is 10.1. The van der Waals surface area contributed by atoms with E-state index in [1.165, 1.54) is 12.1 Å². The fraction of sp³-hybridized carbons (Fsp3) is 0.316. The Bertz CT molecular complexity index is 731. The monoisotopic (exact) mass is 382 g/mol. The van der Waals surface area contributed by atoms with Crippen LogP contribution in [0, 0.1) is 0 Å². The lowest BCUT2D eigenvalue weighted by Gasteiger charge is -2.14. The second-order valence-electron chi connectivity index (χ2n) is 5.87. The van der Waals surface area contributed by atoms with Gasteiger partial charge in [0.15, 0.2) is 0 Å². The molecule has 0 spiro atoms. The van der Waals surface area contributed by atoms with Gasteiger partial charge >= 0.3 is 12.2 Å². The third kappa shape index (κ3) is 6.49. The Balaban J connectivity index is 1.72. The van der Waals surface area contributed by atoms with Gasteiger partial charge in [0.2, 0.25) is 0 Å². The molecule has 0 aliphatic rings. The molecule has 0 heterocycles. The number of hydrogen-bond donors (Lipinski definition) is 3.